The number of benzene rings is 2. The van der Waals surface area contributed by atoms with Crippen molar-refractivity contribution >= 4 is 41.1 Å². The van der Waals surface area contributed by atoms with Gasteiger partial charge in [-0.05, 0) is 35.8 Å². The van der Waals surface area contributed by atoms with Crippen molar-refractivity contribution in [1.29, 1.82) is 0 Å². The summed E-state index contributed by atoms with van der Waals surface area (Å²) in [6, 6.07) is 14.8. The number of hydrogen-bond donors (Lipinski definition) is 2. The van der Waals surface area contributed by atoms with Crippen molar-refractivity contribution in [1.82, 2.24) is 10.6 Å². The molecular weight excluding hydrogens is 371 g/mol. The van der Waals surface area contributed by atoms with Gasteiger partial charge in [0.05, 0.1) is 0 Å². The second-order valence-electron chi connectivity index (χ2n) is 5.62. The molecular formula is C20H20Cl2N2O2. The predicted molar refractivity (Wildman–Crippen MR) is 106 cm³/mol. The molecule has 0 atom stereocenters. The van der Waals surface area contributed by atoms with Gasteiger partial charge in [-0.3, -0.25) is 9.59 Å². The summed E-state index contributed by atoms with van der Waals surface area (Å²) in [5, 5.41) is 6.66. The Morgan fingerprint density at radius 1 is 0.962 bits per heavy atom. The highest BCUT2D eigenvalue weighted by Crippen LogP contribution is 2.20. The minimum absolute atomic E-state index is 0.123. The van der Waals surface area contributed by atoms with E-state index in [1.807, 2.05) is 36.4 Å². The summed E-state index contributed by atoms with van der Waals surface area (Å²) in [5.74, 6) is -0.350. The Morgan fingerprint density at radius 3 is 2.46 bits per heavy atom. The molecule has 0 radical (unpaired) electrons. The van der Waals surface area contributed by atoms with E-state index in [4.69, 9.17) is 23.2 Å². The maximum absolute atomic E-state index is 11.8. The first-order valence-corrected chi connectivity index (χ1v) is 9.02. The summed E-state index contributed by atoms with van der Waals surface area (Å²) in [6.45, 7) is 0.757. The number of halogens is 2. The molecule has 2 N–H and O–H groups in total. The Balaban J connectivity index is 1.62. The van der Waals surface area contributed by atoms with Crippen molar-refractivity contribution in [3.8, 4) is 0 Å². The zero-order chi connectivity index (χ0) is 18.8. The van der Waals surface area contributed by atoms with Crippen LogP contribution in [-0.4, -0.2) is 24.9 Å². The molecule has 0 heterocycles. The van der Waals surface area contributed by atoms with Crippen LogP contribution in [0.4, 0.5) is 0 Å². The van der Waals surface area contributed by atoms with Crippen molar-refractivity contribution in [2.45, 2.75) is 12.8 Å². The average Bonchev–Trinajstić information content (AvgIpc) is 2.63. The summed E-state index contributed by atoms with van der Waals surface area (Å²) in [6.07, 6.45) is 4.02. The topological polar surface area (TPSA) is 58.2 Å². The lowest BCUT2D eigenvalue weighted by Gasteiger charge is -2.07. The highest BCUT2D eigenvalue weighted by atomic mass is 35.5. The standard InChI is InChI=1S/C20H20Cl2N2O2/c21-17-8-7-16(18(22)14-17)10-12-23-20(26)11-13-24-19(25)9-6-15-4-2-1-3-5-15/h1-9,14H,10-13H2,(H,23,26)(H,24,25)/b9-6+. The molecule has 4 nitrogen and oxygen atoms in total. The fraction of sp³-hybridized carbons (Fsp3) is 0.200. The van der Waals surface area contributed by atoms with Crippen molar-refractivity contribution < 1.29 is 9.59 Å². The van der Waals surface area contributed by atoms with E-state index in [1.165, 1.54) is 6.08 Å². The third-order valence-corrected chi connectivity index (χ3v) is 4.20. The Bertz CT molecular complexity index is 777. The van der Waals surface area contributed by atoms with E-state index in [0.717, 1.165) is 11.1 Å². The Kier molecular flexibility index (Phi) is 8.19. The van der Waals surface area contributed by atoms with Crippen LogP contribution in [-0.2, 0) is 16.0 Å². The summed E-state index contributed by atoms with van der Waals surface area (Å²) < 4.78 is 0. The van der Waals surface area contributed by atoms with Gasteiger partial charge in [-0.1, -0.05) is 59.6 Å². The van der Waals surface area contributed by atoms with Crippen LogP contribution in [0.2, 0.25) is 10.0 Å². The number of carbonyl (C=O) groups excluding carboxylic acids is 2. The van der Waals surface area contributed by atoms with Gasteiger partial charge in [0.2, 0.25) is 11.8 Å². The molecule has 0 saturated heterocycles. The van der Waals surface area contributed by atoms with Gasteiger partial charge in [-0.2, -0.15) is 0 Å². The van der Waals surface area contributed by atoms with Gasteiger partial charge in [0, 0.05) is 35.6 Å². The molecule has 26 heavy (non-hydrogen) atoms. The second-order valence-corrected chi connectivity index (χ2v) is 6.46. The van der Waals surface area contributed by atoms with Gasteiger partial charge >= 0.3 is 0 Å². The van der Waals surface area contributed by atoms with Crippen molar-refractivity contribution in [2.75, 3.05) is 13.1 Å². The SMILES string of the molecule is O=C(/C=C/c1ccccc1)NCCC(=O)NCCc1ccc(Cl)cc1Cl. The van der Waals surface area contributed by atoms with Crippen molar-refractivity contribution in [3.63, 3.8) is 0 Å². The van der Waals surface area contributed by atoms with E-state index in [9.17, 15) is 9.59 Å². The molecule has 6 heteroatoms. The number of nitrogens with one attached hydrogen (secondary N) is 2. The van der Waals surface area contributed by atoms with Gasteiger partial charge < -0.3 is 10.6 Å². The molecule has 0 aromatic heterocycles. The number of carbonyl (C=O) groups is 2. The van der Waals surface area contributed by atoms with Gasteiger partial charge in [-0.15, -0.1) is 0 Å². The molecule has 0 aliphatic carbocycles. The van der Waals surface area contributed by atoms with Gasteiger partial charge in [0.25, 0.3) is 0 Å². The summed E-state index contributed by atoms with van der Waals surface area (Å²) >= 11 is 11.9. The Morgan fingerprint density at radius 2 is 1.73 bits per heavy atom. The molecule has 136 valence electrons. The molecule has 2 aromatic rings. The van der Waals surface area contributed by atoms with Crippen molar-refractivity contribution in [2.24, 2.45) is 0 Å². The molecule has 0 fully saturated rings. The minimum atomic E-state index is -0.227. The molecule has 2 aromatic carbocycles. The zero-order valence-electron chi connectivity index (χ0n) is 14.2. The Hall–Kier alpha value is -2.30. The normalized spacial score (nSPS) is 10.7. The first-order chi connectivity index (χ1) is 12.5. The van der Waals surface area contributed by atoms with Crippen LogP contribution in [0.25, 0.3) is 6.08 Å². The van der Waals surface area contributed by atoms with Crippen LogP contribution in [0.5, 0.6) is 0 Å². The number of hydrogen-bond acceptors (Lipinski definition) is 2. The lowest BCUT2D eigenvalue weighted by molar-refractivity contribution is -0.121. The largest absolute Gasteiger partial charge is 0.356 e. The number of amides is 2. The highest BCUT2D eigenvalue weighted by molar-refractivity contribution is 6.35. The van der Waals surface area contributed by atoms with E-state index >= 15 is 0 Å². The highest BCUT2D eigenvalue weighted by Gasteiger charge is 2.04. The molecule has 0 saturated carbocycles. The fourth-order valence-corrected chi connectivity index (χ4v) is 2.75. The molecule has 2 rings (SSSR count). The molecule has 0 spiro atoms. The first kappa shape index (κ1) is 20.0. The molecule has 0 aliphatic heterocycles. The predicted octanol–water partition coefficient (Wildman–Crippen LogP) is 3.87. The molecule has 0 bridgehead atoms. The summed E-state index contributed by atoms with van der Waals surface area (Å²) in [5.41, 5.74) is 1.87. The van der Waals surface area contributed by atoms with Crippen LogP contribution in [0, 0.1) is 0 Å². The van der Waals surface area contributed by atoms with Crippen LogP contribution >= 0.6 is 23.2 Å². The van der Waals surface area contributed by atoms with Gasteiger partial charge in [-0.25, -0.2) is 0 Å². The van der Waals surface area contributed by atoms with E-state index in [0.29, 0.717) is 23.0 Å². The van der Waals surface area contributed by atoms with Crippen LogP contribution in [0.3, 0.4) is 0 Å². The van der Waals surface area contributed by atoms with Crippen LogP contribution < -0.4 is 10.6 Å². The zero-order valence-corrected chi connectivity index (χ0v) is 15.7. The third-order valence-electron chi connectivity index (χ3n) is 3.61. The maximum Gasteiger partial charge on any atom is 0.244 e. The second kappa shape index (κ2) is 10.6. The van der Waals surface area contributed by atoms with Crippen LogP contribution in [0.1, 0.15) is 17.5 Å². The van der Waals surface area contributed by atoms with Gasteiger partial charge in [0.15, 0.2) is 0 Å². The average molecular weight is 391 g/mol. The number of rotatable bonds is 8. The molecule has 0 unspecified atom stereocenters. The lowest BCUT2D eigenvalue weighted by atomic mass is 10.1. The maximum atomic E-state index is 11.8. The van der Waals surface area contributed by atoms with E-state index in [-0.39, 0.29) is 24.8 Å². The van der Waals surface area contributed by atoms with Crippen molar-refractivity contribution in [3.05, 3.63) is 75.8 Å². The quantitative estimate of drug-likeness (QED) is 0.672. The van der Waals surface area contributed by atoms with E-state index < -0.39 is 0 Å². The Labute approximate surface area is 163 Å². The van der Waals surface area contributed by atoms with Crippen LogP contribution in [0.15, 0.2) is 54.6 Å². The smallest absolute Gasteiger partial charge is 0.244 e. The fourth-order valence-electron chi connectivity index (χ4n) is 2.24. The minimum Gasteiger partial charge on any atom is -0.356 e. The molecule has 0 aliphatic rings. The lowest BCUT2D eigenvalue weighted by Crippen LogP contribution is -2.31. The monoisotopic (exact) mass is 390 g/mol. The summed E-state index contributed by atoms with van der Waals surface area (Å²) in [7, 11) is 0. The molecule has 2 amide bonds. The van der Waals surface area contributed by atoms with E-state index in [1.54, 1.807) is 18.2 Å². The van der Waals surface area contributed by atoms with E-state index in [2.05, 4.69) is 10.6 Å². The summed E-state index contributed by atoms with van der Waals surface area (Å²) in [4.78, 5) is 23.5. The van der Waals surface area contributed by atoms with Gasteiger partial charge in [0.1, 0.15) is 0 Å². The third kappa shape index (κ3) is 7.30. The first-order valence-electron chi connectivity index (χ1n) is 8.26.